The molecule has 1 saturated heterocycles. The molecular formula is C33H45N3O8S. The summed E-state index contributed by atoms with van der Waals surface area (Å²) in [6.07, 6.45) is -19.0. The highest BCUT2D eigenvalue weighted by Gasteiger charge is 2.56. The minimum Gasteiger partial charge on any atom is -0.495 e. The topological polar surface area (TPSA) is 124 Å². The van der Waals surface area contributed by atoms with Gasteiger partial charge >= 0.3 is 0 Å². The quantitative estimate of drug-likeness (QED) is 0.407. The molecule has 0 bridgehead atoms. The molecule has 1 spiro atoms. The lowest BCUT2D eigenvalue weighted by atomic mass is 9.69. The number of benzene rings is 2. The first-order valence-corrected chi connectivity index (χ1v) is 16.1. The van der Waals surface area contributed by atoms with Gasteiger partial charge in [0.1, 0.15) is 16.4 Å². The first kappa shape index (κ1) is 23.2. The first-order chi connectivity index (χ1) is 24.8. The van der Waals surface area contributed by atoms with Gasteiger partial charge in [0.05, 0.1) is 52.1 Å². The molecule has 2 aromatic rings. The van der Waals surface area contributed by atoms with Crippen LogP contribution in [0, 0.1) is 0 Å². The Kier molecular flexibility index (Phi) is 6.84. The summed E-state index contributed by atoms with van der Waals surface area (Å²) in [5.74, 6) is -2.92. The number of sulfonamides is 1. The fourth-order valence-electron chi connectivity index (χ4n) is 5.18. The van der Waals surface area contributed by atoms with Gasteiger partial charge < -0.3 is 24.3 Å². The summed E-state index contributed by atoms with van der Waals surface area (Å²) in [5.41, 5.74) is -5.59. The number of methoxy groups -OCH3 is 1. The van der Waals surface area contributed by atoms with Crippen molar-refractivity contribution < 1.29 is 49.3 Å². The minimum atomic E-state index is -5.24. The fraction of sp³-hybridized carbons (Fsp3) is 0.576. The molecule has 3 aliphatic rings. The van der Waals surface area contributed by atoms with Crippen molar-refractivity contribution in [3.8, 4) is 11.5 Å². The van der Waals surface area contributed by atoms with Gasteiger partial charge in [0.15, 0.2) is 0 Å². The summed E-state index contributed by atoms with van der Waals surface area (Å²) in [5, 5.41) is 2.74. The van der Waals surface area contributed by atoms with Crippen LogP contribution < -0.4 is 19.1 Å². The van der Waals surface area contributed by atoms with E-state index in [1.165, 1.54) is 6.07 Å². The van der Waals surface area contributed by atoms with Crippen LogP contribution in [0.4, 0.5) is 5.69 Å². The molecule has 5 rings (SSSR count). The van der Waals surface area contributed by atoms with Gasteiger partial charge in [0, 0.05) is 41.7 Å². The number of fused-ring (bicyclic) bond motifs is 2. The number of carbonyl (C=O) groups is 2. The Balaban J connectivity index is 1.71. The average molecular weight is 653 g/mol. The summed E-state index contributed by atoms with van der Waals surface area (Å²) < 4.78 is 134. The van der Waals surface area contributed by atoms with Gasteiger partial charge in [0.2, 0.25) is 0 Å². The standard InChI is InChI=1S/C33H45N3O8S/c1-6-43-25-8-9-27-26(22-25)33(13-11-24(12-14-33)44-20-17-35-15-18-42-19-16-35)31(38)36(27)45(39,40)29-10-7-23(21-28(29)41-5)30(37)34-32(2,3)4/h7-10,21-22,24H,6,11-20H2,1-5H3,(H,34,37)/i11D2,12D2,13D2,14D2,24D. The maximum absolute atomic E-state index is 15.1. The zero-order chi connectivity index (χ0) is 40.5. The third kappa shape index (κ3) is 6.84. The molecule has 2 heterocycles. The molecule has 0 radical (unpaired) electrons. The predicted molar refractivity (Wildman–Crippen MR) is 170 cm³/mol. The van der Waals surface area contributed by atoms with E-state index in [4.69, 9.17) is 25.8 Å². The maximum Gasteiger partial charge on any atom is 0.274 e. The highest BCUT2D eigenvalue weighted by molar-refractivity contribution is 7.93. The molecule has 12 heteroatoms. The van der Waals surface area contributed by atoms with Gasteiger partial charge in [-0.3, -0.25) is 14.5 Å². The largest absolute Gasteiger partial charge is 0.495 e. The van der Waals surface area contributed by atoms with Crippen molar-refractivity contribution in [2.45, 2.75) is 75.1 Å². The van der Waals surface area contributed by atoms with E-state index in [9.17, 15) is 18.7 Å². The molecule has 0 atom stereocenters. The van der Waals surface area contributed by atoms with Crippen LogP contribution >= 0.6 is 0 Å². The second-order valence-corrected chi connectivity index (χ2v) is 13.4. The molecule has 0 unspecified atom stereocenters. The van der Waals surface area contributed by atoms with Crippen LogP contribution in [0.1, 0.15) is 81.4 Å². The van der Waals surface area contributed by atoms with Crippen LogP contribution in [0.2, 0.25) is 0 Å². The van der Waals surface area contributed by atoms with Crippen LogP contribution in [0.3, 0.4) is 0 Å². The van der Waals surface area contributed by atoms with Gasteiger partial charge in [-0.15, -0.1) is 0 Å². The fourth-order valence-corrected chi connectivity index (χ4v) is 6.78. The van der Waals surface area contributed by atoms with Crippen LogP contribution in [0.5, 0.6) is 11.5 Å². The molecule has 2 aliphatic heterocycles. The number of carbonyl (C=O) groups excluding carboxylic acids is 2. The Bertz CT molecular complexity index is 1890. The smallest absolute Gasteiger partial charge is 0.274 e. The lowest BCUT2D eigenvalue weighted by Gasteiger charge is -2.36. The monoisotopic (exact) mass is 652 g/mol. The van der Waals surface area contributed by atoms with Crippen molar-refractivity contribution in [3.05, 3.63) is 47.5 Å². The lowest BCUT2D eigenvalue weighted by Crippen LogP contribution is -2.46. The lowest BCUT2D eigenvalue weighted by molar-refractivity contribution is -0.124. The van der Waals surface area contributed by atoms with E-state index in [0.717, 1.165) is 37.4 Å². The van der Waals surface area contributed by atoms with Gasteiger partial charge in [-0.1, -0.05) is 0 Å². The molecule has 11 nitrogen and oxygen atoms in total. The van der Waals surface area contributed by atoms with Gasteiger partial charge in [-0.25, -0.2) is 12.7 Å². The highest BCUT2D eigenvalue weighted by Crippen LogP contribution is 2.53. The summed E-state index contributed by atoms with van der Waals surface area (Å²) in [6.45, 7) is 8.05. The molecule has 2 aromatic carbocycles. The van der Waals surface area contributed by atoms with Gasteiger partial charge in [0.25, 0.3) is 21.8 Å². The van der Waals surface area contributed by atoms with E-state index in [1.54, 1.807) is 27.7 Å². The molecule has 246 valence electrons. The third-order valence-electron chi connectivity index (χ3n) is 7.32. The number of anilines is 1. The van der Waals surface area contributed by atoms with E-state index < -0.39 is 92.9 Å². The maximum atomic E-state index is 15.1. The molecular weight excluding hydrogens is 598 g/mol. The van der Waals surface area contributed by atoms with E-state index >= 15 is 4.79 Å². The number of hydrogen-bond donors (Lipinski definition) is 1. The molecule has 2 fully saturated rings. The summed E-state index contributed by atoms with van der Waals surface area (Å²) in [4.78, 5) is 29.1. The predicted octanol–water partition coefficient (Wildman–Crippen LogP) is 3.89. The molecule has 1 aliphatic carbocycles. The van der Waals surface area contributed by atoms with Crippen molar-refractivity contribution in [2.24, 2.45) is 0 Å². The summed E-state index contributed by atoms with van der Waals surface area (Å²) >= 11 is 0. The number of nitrogens with one attached hydrogen (secondary N) is 1. The molecule has 1 N–H and O–H groups in total. The Labute approximate surface area is 278 Å². The van der Waals surface area contributed by atoms with Crippen molar-refractivity contribution in [3.63, 3.8) is 0 Å². The average Bonchev–Trinajstić information content (AvgIpc) is 3.36. The number of nitrogens with zero attached hydrogens (tertiary/aromatic N) is 2. The second-order valence-electron chi connectivity index (χ2n) is 11.6. The number of rotatable bonds is 10. The third-order valence-corrected chi connectivity index (χ3v) is 9.06. The molecule has 0 aromatic heterocycles. The Hall–Kier alpha value is -3.19. The number of ether oxygens (including phenoxy) is 4. The van der Waals surface area contributed by atoms with Crippen LogP contribution in [0.25, 0.3) is 0 Å². The SMILES string of the molecule is [2H]C1([2H])C([2H])([2H])C2(C(=O)N(S(=O)(=O)c3ccc(C(=O)NC(C)(C)C)cc3OC)c3ccc(OCC)cc32)C([2H])([2H])C([2H])([2H])C1([2H])OCCN1CCOCC1. The van der Waals surface area contributed by atoms with E-state index in [2.05, 4.69) is 5.32 Å². The highest BCUT2D eigenvalue weighted by atomic mass is 32.2. The Morgan fingerprint density at radius 1 is 1.16 bits per heavy atom. The van der Waals surface area contributed by atoms with Crippen LogP contribution in [-0.4, -0.2) is 89.9 Å². The molecule has 45 heavy (non-hydrogen) atoms. The van der Waals surface area contributed by atoms with E-state index in [0.29, 0.717) is 26.3 Å². The van der Waals surface area contributed by atoms with Crippen molar-refractivity contribution in [1.82, 2.24) is 10.2 Å². The Morgan fingerprint density at radius 3 is 2.51 bits per heavy atom. The van der Waals surface area contributed by atoms with E-state index in [-0.39, 0.29) is 28.8 Å². The molecule has 2 amide bonds. The van der Waals surface area contributed by atoms with Gasteiger partial charge in [-0.05, 0) is 95.1 Å². The molecule has 1 saturated carbocycles. The van der Waals surface area contributed by atoms with Gasteiger partial charge in [-0.2, -0.15) is 0 Å². The first-order valence-electron chi connectivity index (χ1n) is 19.1. The number of amides is 2. The van der Waals surface area contributed by atoms with Crippen LogP contribution in [0.15, 0.2) is 41.3 Å². The zero-order valence-corrected chi connectivity index (χ0v) is 26.8. The summed E-state index contributed by atoms with van der Waals surface area (Å²) in [6, 6.07) is 6.54. The minimum absolute atomic E-state index is 0.00607. The number of hydrogen-bond acceptors (Lipinski definition) is 9. The van der Waals surface area contributed by atoms with Crippen molar-refractivity contribution in [2.75, 3.05) is 57.5 Å². The van der Waals surface area contributed by atoms with E-state index in [1.807, 2.05) is 4.90 Å². The second kappa shape index (κ2) is 13.3. The van der Waals surface area contributed by atoms with Crippen LogP contribution in [-0.2, 0) is 29.7 Å². The van der Waals surface area contributed by atoms with Crippen molar-refractivity contribution in [1.29, 1.82) is 0 Å². The summed E-state index contributed by atoms with van der Waals surface area (Å²) in [7, 11) is -4.12. The van der Waals surface area contributed by atoms with Crippen molar-refractivity contribution >= 4 is 27.5 Å². The number of morpholine rings is 1. The zero-order valence-electron chi connectivity index (χ0n) is 35.0. The Morgan fingerprint density at radius 2 is 1.87 bits per heavy atom. The normalized spacial score (nSPS) is 27.2.